The molecule has 0 radical (unpaired) electrons. The van der Waals surface area contributed by atoms with Crippen LogP contribution in [0.25, 0.3) is 10.6 Å². The molecule has 1 amide bonds. The molecule has 1 atom stereocenters. The molecule has 1 heterocycles. The molecule has 1 aromatic heterocycles. The van der Waals surface area contributed by atoms with Crippen LogP contribution in [0.5, 0.6) is 0 Å². The molecule has 1 aromatic carbocycles. The summed E-state index contributed by atoms with van der Waals surface area (Å²) in [7, 11) is 1.54. The Balaban J connectivity index is 1.96. The first-order valence-corrected chi connectivity index (χ1v) is 7.96. The summed E-state index contributed by atoms with van der Waals surface area (Å²) in [5, 5.41) is 15.2. The van der Waals surface area contributed by atoms with Gasteiger partial charge in [0.1, 0.15) is 5.01 Å². The van der Waals surface area contributed by atoms with Crippen LogP contribution in [0.15, 0.2) is 29.6 Å². The van der Waals surface area contributed by atoms with E-state index in [4.69, 9.17) is 4.74 Å². The van der Waals surface area contributed by atoms with E-state index in [1.807, 2.05) is 30.5 Å². The van der Waals surface area contributed by atoms with Gasteiger partial charge in [-0.15, -0.1) is 11.3 Å². The fraction of sp³-hybridized carbons (Fsp3) is 0.375. The standard InChI is InChI=1S/C16H20N2O3S/c1-11-10-22-16(18-11)13-5-3-4-12(8-13)15(20)17-7-6-14(19)9-21-2/h3-5,8,10,14,19H,6-7,9H2,1-2H3,(H,17,20). The first-order chi connectivity index (χ1) is 10.6. The molecule has 22 heavy (non-hydrogen) atoms. The van der Waals surface area contributed by atoms with Gasteiger partial charge in [0, 0.05) is 35.9 Å². The molecule has 0 saturated carbocycles. The highest BCUT2D eigenvalue weighted by Crippen LogP contribution is 2.24. The van der Waals surface area contributed by atoms with Gasteiger partial charge in [-0.25, -0.2) is 4.98 Å². The maximum atomic E-state index is 12.1. The lowest BCUT2D eigenvalue weighted by atomic mass is 10.1. The average Bonchev–Trinajstić information content (AvgIpc) is 2.94. The van der Waals surface area contributed by atoms with Crippen molar-refractivity contribution in [2.24, 2.45) is 0 Å². The molecule has 0 aliphatic carbocycles. The molecule has 118 valence electrons. The summed E-state index contributed by atoms with van der Waals surface area (Å²) in [6, 6.07) is 7.39. The molecule has 0 bridgehead atoms. The van der Waals surface area contributed by atoms with Gasteiger partial charge in [-0.05, 0) is 25.5 Å². The molecule has 0 spiro atoms. The Morgan fingerprint density at radius 2 is 2.32 bits per heavy atom. The second-order valence-corrected chi connectivity index (χ2v) is 5.89. The number of carbonyl (C=O) groups is 1. The number of aliphatic hydroxyl groups is 1. The van der Waals surface area contributed by atoms with Gasteiger partial charge >= 0.3 is 0 Å². The van der Waals surface area contributed by atoms with E-state index in [1.165, 1.54) is 7.11 Å². The maximum Gasteiger partial charge on any atom is 0.251 e. The summed E-state index contributed by atoms with van der Waals surface area (Å²) in [6.07, 6.45) is -0.0970. The van der Waals surface area contributed by atoms with Crippen molar-refractivity contribution in [1.82, 2.24) is 10.3 Å². The average molecular weight is 320 g/mol. The fourth-order valence-corrected chi connectivity index (χ4v) is 2.80. The summed E-state index contributed by atoms with van der Waals surface area (Å²) in [5.74, 6) is -0.153. The topological polar surface area (TPSA) is 71.5 Å². The molecule has 2 aromatic rings. The molecular formula is C16H20N2O3S. The predicted molar refractivity (Wildman–Crippen MR) is 87.1 cm³/mol. The van der Waals surface area contributed by atoms with Crippen molar-refractivity contribution >= 4 is 17.2 Å². The van der Waals surface area contributed by atoms with Gasteiger partial charge in [-0.3, -0.25) is 4.79 Å². The first kappa shape index (κ1) is 16.6. The van der Waals surface area contributed by atoms with Crippen LogP contribution in [-0.4, -0.2) is 42.4 Å². The molecule has 2 N–H and O–H groups in total. The van der Waals surface area contributed by atoms with E-state index >= 15 is 0 Å². The van der Waals surface area contributed by atoms with E-state index in [2.05, 4.69) is 10.3 Å². The number of aliphatic hydroxyl groups excluding tert-OH is 1. The number of ether oxygens (including phenoxy) is 1. The van der Waals surface area contributed by atoms with Gasteiger partial charge in [0.25, 0.3) is 5.91 Å². The van der Waals surface area contributed by atoms with E-state index in [0.717, 1.165) is 16.3 Å². The van der Waals surface area contributed by atoms with Gasteiger partial charge in [0.05, 0.1) is 12.7 Å². The largest absolute Gasteiger partial charge is 0.391 e. The van der Waals surface area contributed by atoms with Crippen LogP contribution in [-0.2, 0) is 4.74 Å². The summed E-state index contributed by atoms with van der Waals surface area (Å²) >= 11 is 1.56. The second kappa shape index (κ2) is 8.03. The Bertz CT molecular complexity index is 627. The quantitative estimate of drug-likeness (QED) is 0.821. The highest BCUT2D eigenvalue weighted by atomic mass is 32.1. The zero-order chi connectivity index (χ0) is 15.9. The zero-order valence-corrected chi connectivity index (χ0v) is 13.5. The number of thiazole rings is 1. The second-order valence-electron chi connectivity index (χ2n) is 5.03. The number of nitrogens with zero attached hydrogens (tertiary/aromatic N) is 1. The van der Waals surface area contributed by atoms with Crippen LogP contribution >= 0.6 is 11.3 Å². The third-order valence-electron chi connectivity index (χ3n) is 3.11. The molecule has 5 nitrogen and oxygen atoms in total. The summed E-state index contributed by atoms with van der Waals surface area (Å²) in [5.41, 5.74) is 2.50. The fourth-order valence-electron chi connectivity index (χ4n) is 2.01. The van der Waals surface area contributed by atoms with Crippen molar-refractivity contribution in [3.8, 4) is 10.6 Å². The minimum absolute atomic E-state index is 0.153. The Labute approximate surface area is 134 Å². The number of carbonyl (C=O) groups excluding carboxylic acids is 1. The summed E-state index contributed by atoms with van der Waals surface area (Å²) in [4.78, 5) is 16.6. The normalized spacial score (nSPS) is 12.1. The van der Waals surface area contributed by atoms with Crippen LogP contribution in [0.2, 0.25) is 0 Å². The van der Waals surface area contributed by atoms with E-state index in [1.54, 1.807) is 17.4 Å². The number of methoxy groups -OCH3 is 1. The molecular weight excluding hydrogens is 300 g/mol. The maximum absolute atomic E-state index is 12.1. The van der Waals surface area contributed by atoms with Gasteiger partial charge in [0.2, 0.25) is 0 Å². The van der Waals surface area contributed by atoms with Crippen LogP contribution < -0.4 is 5.32 Å². The SMILES string of the molecule is COCC(O)CCNC(=O)c1cccc(-c2nc(C)cs2)c1. The number of aryl methyl sites for hydroxylation is 1. The predicted octanol–water partition coefficient (Wildman–Crippen LogP) is 2.25. The van der Waals surface area contributed by atoms with E-state index in [-0.39, 0.29) is 12.5 Å². The van der Waals surface area contributed by atoms with Crippen molar-refractivity contribution in [1.29, 1.82) is 0 Å². The van der Waals surface area contributed by atoms with Crippen LogP contribution in [0, 0.1) is 6.92 Å². The smallest absolute Gasteiger partial charge is 0.251 e. The molecule has 2 rings (SSSR count). The Morgan fingerprint density at radius 1 is 1.50 bits per heavy atom. The van der Waals surface area contributed by atoms with Crippen molar-refractivity contribution in [3.63, 3.8) is 0 Å². The molecule has 6 heteroatoms. The molecule has 0 fully saturated rings. The molecule has 1 unspecified atom stereocenters. The lowest BCUT2D eigenvalue weighted by molar-refractivity contribution is 0.0587. The third-order valence-corrected chi connectivity index (χ3v) is 4.12. The first-order valence-electron chi connectivity index (χ1n) is 7.08. The van der Waals surface area contributed by atoms with Gasteiger partial charge < -0.3 is 15.2 Å². The Morgan fingerprint density at radius 3 is 3.00 bits per heavy atom. The summed E-state index contributed by atoms with van der Waals surface area (Å²) < 4.78 is 4.84. The van der Waals surface area contributed by atoms with Crippen molar-refractivity contribution in [2.75, 3.05) is 20.3 Å². The molecule has 0 aliphatic heterocycles. The highest BCUT2D eigenvalue weighted by molar-refractivity contribution is 7.13. The Hall–Kier alpha value is -1.76. The van der Waals surface area contributed by atoms with Crippen molar-refractivity contribution in [3.05, 3.63) is 40.9 Å². The number of nitrogens with one attached hydrogen (secondary N) is 1. The lowest BCUT2D eigenvalue weighted by Gasteiger charge is -2.10. The number of hydrogen-bond acceptors (Lipinski definition) is 5. The number of benzene rings is 1. The monoisotopic (exact) mass is 320 g/mol. The summed E-state index contributed by atoms with van der Waals surface area (Å²) in [6.45, 7) is 2.63. The number of amides is 1. The van der Waals surface area contributed by atoms with Crippen LogP contribution in [0.4, 0.5) is 0 Å². The van der Waals surface area contributed by atoms with Gasteiger partial charge in [-0.1, -0.05) is 12.1 Å². The van der Waals surface area contributed by atoms with Crippen molar-refractivity contribution in [2.45, 2.75) is 19.4 Å². The van der Waals surface area contributed by atoms with E-state index in [0.29, 0.717) is 18.5 Å². The number of aromatic nitrogens is 1. The van der Waals surface area contributed by atoms with Crippen molar-refractivity contribution < 1.29 is 14.6 Å². The molecule has 0 aliphatic rings. The van der Waals surface area contributed by atoms with Gasteiger partial charge in [-0.2, -0.15) is 0 Å². The Kier molecular flexibility index (Phi) is 6.06. The minimum Gasteiger partial charge on any atom is -0.391 e. The molecule has 0 saturated heterocycles. The number of rotatable bonds is 7. The van der Waals surface area contributed by atoms with Crippen LogP contribution in [0.1, 0.15) is 22.5 Å². The lowest BCUT2D eigenvalue weighted by Crippen LogP contribution is -2.28. The van der Waals surface area contributed by atoms with E-state index < -0.39 is 6.10 Å². The third kappa shape index (κ3) is 4.62. The highest BCUT2D eigenvalue weighted by Gasteiger charge is 2.10. The minimum atomic E-state index is -0.560. The zero-order valence-electron chi connectivity index (χ0n) is 12.7. The van der Waals surface area contributed by atoms with Gasteiger partial charge in [0.15, 0.2) is 0 Å². The number of hydrogen-bond donors (Lipinski definition) is 2. The van der Waals surface area contributed by atoms with Crippen LogP contribution in [0.3, 0.4) is 0 Å². The van der Waals surface area contributed by atoms with E-state index in [9.17, 15) is 9.90 Å².